The quantitative estimate of drug-likeness (QED) is 0.712. The summed E-state index contributed by atoms with van der Waals surface area (Å²) in [4.78, 5) is 0. The lowest BCUT2D eigenvalue weighted by Crippen LogP contribution is -2.56. The van der Waals surface area contributed by atoms with Crippen LogP contribution in [-0.4, -0.2) is 13.9 Å². The SMILES string of the molecule is C=C[Si]1(c2ccccc2)CCCC(C)(C)O1. The molecule has 0 N–H and O–H groups in total. The Hall–Kier alpha value is -0.863. The summed E-state index contributed by atoms with van der Waals surface area (Å²) in [5, 5.41) is 1.36. The maximum atomic E-state index is 6.42. The normalized spacial score (nSPS) is 28.6. The molecule has 1 aromatic carbocycles. The van der Waals surface area contributed by atoms with Crippen LogP contribution in [0.1, 0.15) is 26.7 Å². The van der Waals surface area contributed by atoms with Gasteiger partial charge < -0.3 is 4.43 Å². The fraction of sp³-hybridized carbons (Fsp3) is 0.429. The molecule has 1 saturated heterocycles. The first-order chi connectivity index (χ1) is 7.58. The minimum Gasteiger partial charge on any atom is -0.404 e. The van der Waals surface area contributed by atoms with Gasteiger partial charge in [-0.2, -0.15) is 0 Å². The molecule has 1 fully saturated rings. The van der Waals surface area contributed by atoms with E-state index in [1.54, 1.807) is 0 Å². The molecular formula is C14H20OSi. The first kappa shape index (κ1) is 11.6. The van der Waals surface area contributed by atoms with Crippen molar-refractivity contribution in [2.24, 2.45) is 0 Å². The summed E-state index contributed by atoms with van der Waals surface area (Å²) in [6.07, 6.45) is 2.41. The number of rotatable bonds is 2. The zero-order valence-electron chi connectivity index (χ0n) is 10.2. The molecule has 2 heteroatoms. The summed E-state index contributed by atoms with van der Waals surface area (Å²) < 4.78 is 6.42. The van der Waals surface area contributed by atoms with Gasteiger partial charge in [-0.1, -0.05) is 42.5 Å². The van der Waals surface area contributed by atoms with E-state index in [0.717, 1.165) is 6.42 Å². The second-order valence-electron chi connectivity index (χ2n) is 5.17. The second kappa shape index (κ2) is 4.19. The molecule has 0 amide bonds. The third-order valence-electron chi connectivity index (χ3n) is 3.38. The van der Waals surface area contributed by atoms with Crippen LogP contribution in [0.15, 0.2) is 42.6 Å². The van der Waals surface area contributed by atoms with Gasteiger partial charge in [0.25, 0.3) is 0 Å². The summed E-state index contributed by atoms with van der Waals surface area (Å²) in [6.45, 7) is 8.42. The van der Waals surface area contributed by atoms with E-state index >= 15 is 0 Å². The van der Waals surface area contributed by atoms with Gasteiger partial charge in [0.2, 0.25) is 8.32 Å². The maximum Gasteiger partial charge on any atom is 0.248 e. The Morgan fingerprint density at radius 2 is 2.00 bits per heavy atom. The van der Waals surface area contributed by atoms with Crippen LogP contribution in [0.2, 0.25) is 6.04 Å². The van der Waals surface area contributed by atoms with Gasteiger partial charge in [-0.3, -0.25) is 0 Å². The average molecular weight is 232 g/mol. The minimum absolute atomic E-state index is 0.00844. The Kier molecular flexibility index (Phi) is 3.04. The zero-order valence-corrected chi connectivity index (χ0v) is 11.2. The van der Waals surface area contributed by atoms with Crippen LogP contribution in [0.4, 0.5) is 0 Å². The molecule has 1 aromatic rings. The van der Waals surface area contributed by atoms with Crippen molar-refractivity contribution in [2.45, 2.75) is 38.3 Å². The smallest absolute Gasteiger partial charge is 0.248 e. The Morgan fingerprint density at radius 3 is 2.56 bits per heavy atom. The fourth-order valence-electron chi connectivity index (χ4n) is 2.56. The molecule has 0 bridgehead atoms. The monoisotopic (exact) mass is 232 g/mol. The fourth-order valence-corrected chi connectivity index (χ4v) is 6.14. The van der Waals surface area contributed by atoms with E-state index < -0.39 is 8.32 Å². The molecule has 2 rings (SSSR count). The summed E-state index contributed by atoms with van der Waals surface area (Å²) >= 11 is 0. The highest BCUT2D eigenvalue weighted by Crippen LogP contribution is 2.33. The van der Waals surface area contributed by atoms with E-state index in [0.29, 0.717) is 0 Å². The lowest BCUT2D eigenvalue weighted by Gasteiger charge is -2.42. The largest absolute Gasteiger partial charge is 0.404 e. The minimum atomic E-state index is -1.90. The lowest BCUT2D eigenvalue weighted by atomic mass is 10.0. The van der Waals surface area contributed by atoms with Gasteiger partial charge in [-0.25, -0.2) is 0 Å². The molecule has 1 atom stereocenters. The predicted octanol–water partition coefficient (Wildman–Crippen LogP) is 3.15. The maximum absolute atomic E-state index is 6.42. The third kappa shape index (κ3) is 2.13. The molecule has 1 aliphatic heterocycles. The molecule has 16 heavy (non-hydrogen) atoms. The molecule has 1 unspecified atom stereocenters. The van der Waals surface area contributed by atoms with Crippen LogP contribution in [0.25, 0.3) is 0 Å². The van der Waals surface area contributed by atoms with Crippen molar-refractivity contribution >= 4 is 13.5 Å². The van der Waals surface area contributed by atoms with Crippen LogP contribution in [0, 0.1) is 0 Å². The molecule has 0 spiro atoms. The van der Waals surface area contributed by atoms with Gasteiger partial charge >= 0.3 is 0 Å². The van der Waals surface area contributed by atoms with Crippen molar-refractivity contribution in [3.05, 3.63) is 42.6 Å². The Bertz CT molecular complexity index is 372. The Balaban J connectivity index is 2.36. The molecule has 0 aliphatic carbocycles. The highest BCUT2D eigenvalue weighted by atomic mass is 28.4. The molecule has 0 aromatic heterocycles. The Labute approximate surface area is 99.3 Å². The summed E-state index contributed by atoms with van der Waals surface area (Å²) in [5.74, 6) is 0. The summed E-state index contributed by atoms with van der Waals surface area (Å²) in [5.41, 5.74) is 2.11. The standard InChI is InChI=1S/C14H20OSi/c1-4-16(13-9-6-5-7-10-13)12-8-11-14(2,3)15-16/h4-7,9-10H,1,8,11-12H2,2-3H3. The molecule has 86 valence electrons. The van der Waals surface area contributed by atoms with Crippen LogP contribution in [0.5, 0.6) is 0 Å². The lowest BCUT2D eigenvalue weighted by molar-refractivity contribution is 0.0769. The van der Waals surface area contributed by atoms with E-state index in [1.165, 1.54) is 17.7 Å². The van der Waals surface area contributed by atoms with Crippen molar-refractivity contribution < 1.29 is 4.43 Å². The van der Waals surface area contributed by atoms with Crippen molar-refractivity contribution in [3.63, 3.8) is 0 Å². The van der Waals surface area contributed by atoms with Gasteiger partial charge in [-0.15, -0.1) is 6.58 Å². The van der Waals surface area contributed by atoms with Gasteiger partial charge in [0, 0.05) is 0 Å². The molecule has 0 radical (unpaired) electrons. The molecule has 1 heterocycles. The first-order valence-corrected chi connectivity index (χ1v) is 8.17. The van der Waals surface area contributed by atoms with Crippen molar-refractivity contribution in [1.29, 1.82) is 0 Å². The molecule has 1 nitrogen and oxygen atoms in total. The molecule has 1 aliphatic rings. The van der Waals surface area contributed by atoms with Crippen LogP contribution in [0.3, 0.4) is 0 Å². The first-order valence-electron chi connectivity index (χ1n) is 5.97. The highest BCUT2D eigenvalue weighted by Gasteiger charge is 2.42. The van der Waals surface area contributed by atoms with Gasteiger partial charge in [0.05, 0.1) is 5.60 Å². The topological polar surface area (TPSA) is 9.23 Å². The van der Waals surface area contributed by atoms with E-state index in [2.05, 4.69) is 56.5 Å². The number of benzene rings is 1. The summed E-state index contributed by atoms with van der Waals surface area (Å²) in [6, 6.07) is 11.8. The third-order valence-corrected chi connectivity index (χ3v) is 7.36. The van der Waals surface area contributed by atoms with Crippen LogP contribution in [-0.2, 0) is 4.43 Å². The predicted molar refractivity (Wildman–Crippen MR) is 71.2 cm³/mol. The molecular weight excluding hydrogens is 212 g/mol. The van der Waals surface area contributed by atoms with E-state index in [4.69, 9.17) is 4.43 Å². The molecule has 0 saturated carbocycles. The number of hydrogen-bond donors (Lipinski definition) is 0. The van der Waals surface area contributed by atoms with Gasteiger partial charge in [0.1, 0.15) is 0 Å². The van der Waals surface area contributed by atoms with E-state index in [9.17, 15) is 0 Å². The van der Waals surface area contributed by atoms with E-state index in [1.807, 2.05) is 0 Å². The van der Waals surface area contributed by atoms with Crippen LogP contribution >= 0.6 is 0 Å². The zero-order chi connectivity index (χ0) is 11.6. The van der Waals surface area contributed by atoms with Gasteiger partial charge in [-0.05, 0) is 31.5 Å². The summed E-state index contributed by atoms with van der Waals surface area (Å²) in [7, 11) is -1.90. The van der Waals surface area contributed by atoms with Crippen molar-refractivity contribution in [3.8, 4) is 0 Å². The Morgan fingerprint density at radius 1 is 1.31 bits per heavy atom. The van der Waals surface area contributed by atoms with Crippen molar-refractivity contribution in [1.82, 2.24) is 0 Å². The van der Waals surface area contributed by atoms with Gasteiger partial charge in [0.15, 0.2) is 0 Å². The second-order valence-corrected chi connectivity index (χ2v) is 8.64. The van der Waals surface area contributed by atoms with Crippen LogP contribution < -0.4 is 5.19 Å². The van der Waals surface area contributed by atoms with E-state index in [-0.39, 0.29) is 5.60 Å². The highest BCUT2D eigenvalue weighted by molar-refractivity contribution is 6.90. The van der Waals surface area contributed by atoms with Crippen molar-refractivity contribution in [2.75, 3.05) is 0 Å². The average Bonchev–Trinajstić information content (AvgIpc) is 2.29. The number of hydrogen-bond acceptors (Lipinski definition) is 1.